The van der Waals surface area contributed by atoms with E-state index in [1.54, 1.807) is 6.20 Å². The molecule has 0 radical (unpaired) electrons. The van der Waals surface area contributed by atoms with Crippen LogP contribution in [-0.2, 0) is 0 Å². The molecule has 0 saturated heterocycles. The third-order valence-corrected chi connectivity index (χ3v) is 2.29. The van der Waals surface area contributed by atoms with Gasteiger partial charge in [0.2, 0.25) is 5.96 Å². The standard InChI is InChI=1S/C10H20N6/c1-3-4-5-12-10(16-11)15-8(2)9-6-13-14-7-9/h6-8H,3-5,11H2,1-2H3,(H,13,14)(H2,12,15,16). The smallest absolute Gasteiger partial charge is 0.206 e. The van der Waals surface area contributed by atoms with Crippen molar-refractivity contribution in [3.63, 3.8) is 0 Å². The van der Waals surface area contributed by atoms with E-state index in [1.807, 2.05) is 13.1 Å². The van der Waals surface area contributed by atoms with Crippen molar-refractivity contribution in [2.24, 2.45) is 10.8 Å². The van der Waals surface area contributed by atoms with E-state index < -0.39 is 0 Å². The highest BCUT2D eigenvalue weighted by Crippen LogP contribution is 2.08. The third-order valence-electron chi connectivity index (χ3n) is 2.29. The highest BCUT2D eigenvalue weighted by molar-refractivity contribution is 5.79. The number of nitrogens with two attached hydrogens (primary N) is 1. The van der Waals surface area contributed by atoms with E-state index in [1.165, 1.54) is 0 Å². The Morgan fingerprint density at radius 2 is 2.50 bits per heavy atom. The zero-order valence-corrected chi connectivity index (χ0v) is 9.83. The summed E-state index contributed by atoms with van der Waals surface area (Å²) in [6, 6.07) is 0.121. The number of nitrogens with one attached hydrogen (secondary N) is 3. The molecule has 0 aliphatic carbocycles. The molecule has 1 atom stereocenters. The molecular weight excluding hydrogens is 204 g/mol. The molecule has 6 heteroatoms. The van der Waals surface area contributed by atoms with Crippen molar-refractivity contribution in [3.05, 3.63) is 18.0 Å². The predicted molar refractivity (Wildman–Crippen MR) is 64.7 cm³/mol. The van der Waals surface area contributed by atoms with Crippen molar-refractivity contribution in [2.45, 2.75) is 32.7 Å². The minimum Gasteiger partial charge on any atom is -0.349 e. The van der Waals surface area contributed by atoms with Gasteiger partial charge in [-0.1, -0.05) is 13.3 Å². The molecule has 1 heterocycles. The van der Waals surface area contributed by atoms with Crippen molar-refractivity contribution in [1.29, 1.82) is 0 Å². The van der Waals surface area contributed by atoms with Gasteiger partial charge in [-0.15, -0.1) is 0 Å². The molecular formula is C10H20N6. The largest absolute Gasteiger partial charge is 0.349 e. The summed E-state index contributed by atoms with van der Waals surface area (Å²) in [5.74, 6) is 6.00. The fraction of sp³-hybridized carbons (Fsp3) is 0.600. The number of unbranched alkanes of at least 4 members (excludes halogenated alkanes) is 1. The minimum atomic E-state index is 0.121. The molecule has 0 fully saturated rings. The molecule has 0 aliphatic heterocycles. The quantitative estimate of drug-likeness (QED) is 0.195. The Bertz CT molecular complexity index is 305. The summed E-state index contributed by atoms with van der Waals surface area (Å²) in [7, 11) is 0. The second kappa shape index (κ2) is 6.84. The number of hydrazine groups is 1. The first kappa shape index (κ1) is 12.5. The highest BCUT2D eigenvalue weighted by atomic mass is 15.3. The second-order valence-corrected chi connectivity index (χ2v) is 3.63. The number of rotatable bonds is 5. The van der Waals surface area contributed by atoms with Crippen molar-refractivity contribution in [3.8, 4) is 0 Å². The Hall–Kier alpha value is -1.56. The van der Waals surface area contributed by atoms with E-state index in [9.17, 15) is 0 Å². The lowest BCUT2D eigenvalue weighted by Crippen LogP contribution is -2.42. The minimum absolute atomic E-state index is 0.121. The third kappa shape index (κ3) is 3.90. The molecule has 16 heavy (non-hydrogen) atoms. The van der Waals surface area contributed by atoms with Crippen LogP contribution in [-0.4, -0.2) is 22.7 Å². The van der Waals surface area contributed by atoms with Crippen LogP contribution in [0.15, 0.2) is 17.4 Å². The van der Waals surface area contributed by atoms with E-state index >= 15 is 0 Å². The number of H-pyrrole nitrogens is 1. The summed E-state index contributed by atoms with van der Waals surface area (Å²) < 4.78 is 0. The SMILES string of the molecule is CCCCN=C(NN)NC(C)c1cn[nH]c1. The van der Waals surface area contributed by atoms with Crippen molar-refractivity contribution < 1.29 is 0 Å². The lowest BCUT2D eigenvalue weighted by molar-refractivity contribution is 0.684. The molecule has 1 aromatic rings. The lowest BCUT2D eigenvalue weighted by atomic mass is 10.2. The van der Waals surface area contributed by atoms with Crippen LogP contribution in [0.3, 0.4) is 0 Å². The molecule has 1 aromatic heterocycles. The Kier molecular flexibility index (Phi) is 5.35. The number of guanidine groups is 1. The maximum Gasteiger partial charge on any atom is 0.206 e. The first-order valence-corrected chi connectivity index (χ1v) is 5.54. The van der Waals surface area contributed by atoms with Crippen molar-refractivity contribution >= 4 is 5.96 Å². The average Bonchev–Trinajstić information content (AvgIpc) is 2.81. The van der Waals surface area contributed by atoms with Gasteiger partial charge in [0.15, 0.2) is 0 Å². The maximum atomic E-state index is 5.39. The summed E-state index contributed by atoms with van der Waals surface area (Å²) in [6.07, 6.45) is 5.81. The summed E-state index contributed by atoms with van der Waals surface area (Å²) in [4.78, 5) is 4.32. The second-order valence-electron chi connectivity index (χ2n) is 3.63. The topological polar surface area (TPSA) is 91.1 Å². The maximum absolute atomic E-state index is 5.39. The number of nitrogens with zero attached hydrogens (tertiary/aromatic N) is 2. The van der Waals surface area contributed by atoms with Crippen LogP contribution >= 0.6 is 0 Å². The number of aliphatic imine (C=N–C) groups is 1. The van der Waals surface area contributed by atoms with Crippen LogP contribution < -0.4 is 16.6 Å². The van der Waals surface area contributed by atoms with Gasteiger partial charge in [0.1, 0.15) is 0 Å². The summed E-state index contributed by atoms with van der Waals surface area (Å²) in [5.41, 5.74) is 3.63. The van der Waals surface area contributed by atoms with Gasteiger partial charge in [-0.05, 0) is 13.3 Å². The van der Waals surface area contributed by atoms with Crippen LogP contribution in [0.2, 0.25) is 0 Å². The Balaban J connectivity index is 2.46. The molecule has 5 N–H and O–H groups in total. The Morgan fingerprint density at radius 3 is 3.06 bits per heavy atom. The van der Waals surface area contributed by atoms with Crippen LogP contribution in [0, 0.1) is 0 Å². The fourth-order valence-electron chi connectivity index (χ4n) is 1.27. The van der Waals surface area contributed by atoms with Crippen molar-refractivity contribution in [2.75, 3.05) is 6.54 Å². The van der Waals surface area contributed by atoms with Crippen LogP contribution in [0.5, 0.6) is 0 Å². The molecule has 0 saturated carbocycles. The van der Waals surface area contributed by atoms with E-state index in [4.69, 9.17) is 5.84 Å². The molecule has 0 aliphatic rings. The van der Waals surface area contributed by atoms with Crippen LogP contribution in [0.1, 0.15) is 38.3 Å². The fourth-order valence-corrected chi connectivity index (χ4v) is 1.27. The first-order chi connectivity index (χ1) is 7.77. The number of aromatic amines is 1. The molecule has 1 rings (SSSR count). The lowest BCUT2D eigenvalue weighted by Gasteiger charge is -2.14. The number of aromatic nitrogens is 2. The van der Waals surface area contributed by atoms with E-state index in [0.29, 0.717) is 5.96 Å². The normalized spacial score (nSPS) is 13.6. The molecule has 0 aromatic carbocycles. The van der Waals surface area contributed by atoms with E-state index in [0.717, 1.165) is 24.9 Å². The van der Waals surface area contributed by atoms with Gasteiger partial charge in [0.25, 0.3) is 0 Å². The van der Waals surface area contributed by atoms with Gasteiger partial charge >= 0.3 is 0 Å². The Morgan fingerprint density at radius 1 is 1.69 bits per heavy atom. The van der Waals surface area contributed by atoms with E-state index in [-0.39, 0.29) is 6.04 Å². The van der Waals surface area contributed by atoms with Gasteiger partial charge in [-0.25, -0.2) is 5.84 Å². The predicted octanol–water partition coefficient (Wildman–Crippen LogP) is 0.680. The molecule has 0 amide bonds. The first-order valence-electron chi connectivity index (χ1n) is 5.54. The van der Waals surface area contributed by atoms with Crippen LogP contribution in [0.4, 0.5) is 0 Å². The summed E-state index contributed by atoms with van der Waals surface area (Å²) in [5, 5.41) is 9.85. The Labute approximate surface area is 95.7 Å². The summed E-state index contributed by atoms with van der Waals surface area (Å²) in [6.45, 7) is 4.94. The highest BCUT2D eigenvalue weighted by Gasteiger charge is 2.07. The molecule has 1 unspecified atom stereocenters. The summed E-state index contributed by atoms with van der Waals surface area (Å²) >= 11 is 0. The average molecular weight is 224 g/mol. The molecule has 0 bridgehead atoms. The monoisotopic (exact) mass is 224 g/mol. The number of hydrogen-bond acceptors (Lipinski definition) is 3. The zero-order chi connectivity index (χ0) is 11.8. The van der Waals surface area contributed by atoms with Gasteiger partial charge in [-0.2, -0.15) is 5.10 Å². The van der Waals surface area contributed by atoms with Crippen molar-refractivity contribution in [1.82, 2.24) is 20.9 Å². The van der Waals surface area contributed by atoms with Gasteiger partial charge in [0, 0.05) is 18.3 Å². The zero-order valence-electron chi connectivity index (χ0n) is 9.83. The van der Waals surface area contributed by atoms with E-state index in [2.05, 4.69) is 32.9 Å². The van der Waals surface area contributed by atoms with Crippen LogP contribution in [0.25, 0.3) is 0 Å². The van der Waals surface area contributed by atoms with Gasteiger partial charge in [0.05, 0.1) is 12.2 Å². The van der Waals surface area contributed by atoms with Gasteiger partial charge < -0.3 is 5.32 Å². The molecule has 0 spiro atoms. The molecule has 6 nitrogen and oxygen atoms in total. The van der Waals surface area contributed by atoms with Gasteiger partial charge in [-0.3, -0.25) is 15.5 Å². The number of hydrogen-bond donors (Lipinski definition) is 4. The molecule has 90 valence electrons.